The number of carbonyl (C=O) groups excluding carboxylic acids is 1. The number of thioether (sulfide) groups is 1. The molecule has 0 saturated carbocycles. The Morgan fingerprint density at radius 2 is 1.51 bits per heavy atom. The molecule has 8 nitrogen and oxygen atoms in total. The van der Waals surface area contributed by atoms with Gasteiger partial charge in [-0.25, -0.2) is 9.78 Å². The molecule has 0 spiro atoms. The van der Waals surface area contributed by atoms with Crippen molar-refractivity contribution in [3.8, 4) is 33.7 Å². The van der Waals surface area contributed by atoms with Crippen LogP contribution in [0.3, 0.4) is 0 Å². The molecule has 9 heteroatoms. The molecule has 7 rings (SSSR count). The van der Waals surface area contributed by atoms with Crippen LogP contribution in [0.4, 0.5) is 4.79 Å². The molecule has 1 aliphatic heterocycles. The van der Waals surface area contributed by atoms with Crippen molar-refractivity contribution in [2.75, 3.05) is 12.4 Å². The van der Waals surface area contributed by atoms with E-state index in [1.807, 2.05) is 121 Å². The summed E-state index contributed by atoms with van der Waals surface area (Å²) < 4.78 is 24.7. The van der Waals surface area contributed by atoms with E-state index in [-0.39, 0.29) is 25.4 Å². The van der Waals surface area contributed by atoms with Crippen molar-refractivity contribution in [3.63, 3.8) is 0 Å². The van der Waals surface area contributed by atoms with E-state index in [1.54, 1.807) is 0 Å². The number of hydrogen-bond donors (Lipinski definition) is 2. The second kappa shape index (κ2) is 17.4. The zero-order valence-electron chi connectivity index (χ0n) is 29.1. The highest BCUT2D eigenvalue weighted by atomic mass is 32.2. The third-order valence-electron chi connectivity index (χ3n) is 8.91. The van der Waals surface area contributed by atoms with Crippen LogP contribution in [0.1, 0.15) is 41.1 Å². The number of carbonyl (C=O) groups is 1. The maximum Gasteiger partial charge on any atom is 0.407 e. The molecule has 0 radical (unpaired) electrons. The van der Waals surface area contributed by atoms with Crippen molar-refractivity contribution in [2.45, 2.75) is 43.3 Å². The highest BCUT2D eigenvalue weighted by Gasteiger charge is 2.33. The number of alkyl carbamates (subject to hydrolysis) is 1. The molecule has 3 atom stereocenters. The summed E-state index contributed by atoms with van der Waals surface area (Å²) in [6, 6.07) is 44.2. The van der Waals surface area contributed by atoms with Gasteiger partial charge in [-0.3, -0.25) is 0 Å². The molecular weight excluding hydrogens is 685 g/mol. The Kier molecular flexibility index (Phi) is 11.8. The molecule has 268 valence electrons. The summed E-state index contributed by atoms with van der Waals surface area (Å²) in [7, 11) is 0. The molecule has 1 amide bonds. The molecule has 0 bridgehead atoms. The summed E-state index contributed by atoms with van der Waals surface area (Å²) in [5.41, 5.74) is 8.53. The van der Waals surface area contributed by atoms with E-state index in [0.29, 0.717) is 23.9 Å². The van der Waals surface area contributed by atoms with Gasteiger partial charge in [0, 0.05) is 35.4 Å². The first-order valence-corrected chi connectivity index (χ1v) is 18.5. The fraction of sp³-hybridized carbons (Fsp3) is 0.182. The largest absolute Gasteiger partial charge is 0.445 e. The van der Waals surface area contributed by atoms with E-state index in [2.05, 4.69) is 24.0 Å². The van der Waals surface area contributed by atoms with Crippen LogP contribution in [0, 0.1) is 0 Å². The standard InChI is InChI=1S/C44H40N2O6S/c1-2-24-49-43(48)45-27-31-10-9-15-37(25-31)32-20-22-36(23-21-32)42-50-38(26-39(51-42)33-18-16-30(28-47)17-19-33)29-53-44-46-40(34-11-5-3-6-12-34)41(52-44)35-13-7-4-8-14-35/h2-23,25,38-39,42,47H,1,24,26-29H2,(H,45,48). The molecule has 5 aromatic carbocycles. The van der Waals surface area contributed by atoms with Crippen LogP contribution in [0.15, 0.2) is 156 Å². The van der Waals surface area contributed by atoms with Gasteiger partial charge in [0.25, 0.3) is 5.22 Å². The zero-order valence-corrected chi connectivity index (χ0v) is 29.9. The van der Waals surface area contributed by atoms with E-state index >= 15 is 0 Å². The van der Waals surface area contributed by atoms with E-state index in [1.165, 1.54) is 17.8 Å². The lowest BCUT2D eigenvalue weighted by Crippen LogP contribution is -2.31. The van der Waals surface area contributed by atoms with Crippen LogP contribution in [-0.4, -0.2) is 34.6 Å². The number of hydrogen-bond acceptors (Lipinski definition) is 8. The second-order valence-electron chi connectivity index (χ2n) is 12.6. The van der Waals surface area contributed by atoms with Gasteiger partial charge < -0.3 is 29.1 Å². The van der Waals surface area contributed by atoms with Crippen LogP contribution in [-0.2, 0) is 27.4 Å². The molecule has 1 aliphatic rings. The van der Waals surface area contributed by atoms with Gasteiger partial charge in [0.2, 0.25) is 0 Å². The molecule has 1 fully saturated rings. The normalized spacial score (nSPS) is 16.9. The number of amides is 1. The van der Waals surface area contributed by atoms with Gasteiger partial charge in [0.1, 0.15) is 12.3 Å². The molecule has 1 aromatic heterocycles. The van der Waals surface area contributed by atoms with Crippen LogP contribution < -0.4 is 5.32 Å². The van der Waals surface area contributed by atoms with Gasteiger partial charge in [0.05, 0.1) is 18.8 Å². The molecule has 2 N–H and O–H groups in total. The van der Waals surface area contributed by atoms with Gasteiger partial charge in [0.15, 0.2) is 12.1 Å². The Morgan fingerprint density at radius 3 is 2.23 bits per heavy atom. The smallest absolute Gasteiger partial charge is 0.407 e. The lowest BCUT2D eigenvalue weighted by Gasteiger charge is -2.36. The minimum atomic E-state index is -0.604. The predicted octanol–water partition coefficient (Wildman–Crippen LogP) is 9.92. The third kappa shape index (κ3) is 9.14. The first kappa shape index (κ1) is 35.9. The number of benzene rings is 5. The third-order valence-corrected chi connectivity index (χ3v) is 9.87. The van der Waals surface area contributed by atoms with Crippen molar-refractivity contribution in [1.82, 2.24) is 10.3 Å². The highest BCUT2D eigenvalue weighted by molar-refractivity contribution is 7.99. The van der Waals surface area contributed by atoms with Crippen molar-refractivity contribution >= 4 is 17.9 Å². The Morgan fingerprint density at radius 1 is 0.811 bits per heavy atom. The lowest BCUT2D eigenvalue weighted by molar-refractivity contribution is -0.245. The summed E-state index contributed by atoms with van der Waals surface area (Å²) in [6.07, 6.45) is 0.685. The summed E-state index contributed by atoms with van der Waals surface area (Å²) in [5, 5.41) is 13.0. The van der Waals surface area contributed by atoms with Crippen LogP contribution >= 0.6 is 11.8 Å². The van der Waals surface area contributed by atoms with Gasteiger partial charge in [-0.1, -0.05) is 152 Å². The van der Waals surface area contributed by atoms with Gasteiger partial charge in [-0.15, -0.1) is 0 Å². The average molecular weight is 725 g/mol. The number of nitrogens with zero attached hydrogens (tertiary/aromatic N) is 1. The predicted molar refractivity (Wildman–Crippen MR) is 207 cm³/mol. The van der Waals surface area contributed by atoms with Crippen LogP contribution in [0.5, 0.6) is 0 Å². The van der Waals surface area contributed by atoms with Gasteiger partial charge >= 0.3 is 6.09 Å². The number of ether oxygens (including phenoxy) is 3. The first-order chi connectivity index (χ1) is 26.1. The summed E-state index contributed by atoms with van der Waals surface area (Å²) in [5.74, 6) is 1.34. The Labute approximate surface area is 313 Å². The number of rotatable bonds is 13. The van der Waals surface area contributed by atoms with E-state index in [0.717, 1.165) is 56.0 Å². The Bertz CT molecular complexity index is 2050. The zero-order chi connectivity index (χ0) is 36.4. The van der Waals surface area contributed by atoms with Crippen LogP contribution in [0.25, 0.3) is 33.7 Å². The van der Waals surface area contributed by atoms with Crippen LogP contribution in [0.2, 0.25) is 0 Å². The maximum absolute atomic E-state index is 11.9. The first-order valence-electron chi connectivity index (χ1n) is 17.5. The van der Waals surface area contributed by atoms with Gasteiger partial charge in [-0.05, 0) is 33.9 Å². The quantitative estimate of drug-likeness (QED) is 0.0897. The highest BCUT2D eigenvalue weighted by Crippen LogP contribution is 2.41. The van der Waals surface area contributed by atoms with Crippen molar-refractivity contribution < 1.29 is 28.5 Å². The molecule has 2 heterocycles. The fourth-order valence-electron chi connectivity index (χ4n) is 6.18. The Balaban J connectivity index is 1.09. The van der Waals surface area contributed by atoms with Crippen molar-refractivity contribution in [1.29, 1.82) is 0 Å². The van der Waals surface area contributed by atoms with Crippen molar-refractivity contribution in [2.24, 2.45) is 0 Å². The average Bonchev–Trinajstić information content (AvgIpc) is 3.66. The number of oxazole rings is 1. The molecular formula is C44H40N2O6S. The lowest BCUT2D eigenvalue weighted by atomic mass is 9.99. The van der Waals surface area contributed by atoms with Gasteiger partial charge in [-0.2, -0.15) is 0 Å². The molecule has 3 unspecified atom stereocenters. The molecule has 0 aliphatic carbocycles. The monoisotopic (exact) mass is 724 g/mol. The molecule has 53 heavy (non-hydrogen) atoms. The topological polar surface area (TPSA) is 103 Å². The number of aromatic nitrogens is 1. The maximum atomic E-state index is 11.9. The number of aliphatic hydroxyl groups excluding tert-OH is 1. The van der Waals surface area contributed by atoms with E-state index in [9.17, 15) is 9.90 Å². The molecule has 6 aromatic rings. The Hall–Kier alpha value is -5.45. The second-order valence-corrected chi connectivity index (χ2v) is 13.6. The van der Waals surface area contributed by atoms with E-state index in [4.69, 9.17) is 23.6 Å². The molecule has 1 saturated heterocycles. The number of nitrogens with one attached hydrogen (secondary N) is 1. The minimum Gasteiger partial charge on any atom is -0.445 e. The van der Waals surface area contributed by atoms with Crippen molar-refractivity contribution in [3.05, 3.63) is 168 Å². The fourth-order valence-corrected chi connectivity index (χ4v) is 7.02. The summed E-state index contributed by atoms with van der Waals surface area (Å²) in [4.78, 5) is 16.8. The summed E-state index contributed by atoms with van der Waals surface area (Å²) >= 11 is 1.53. The van der Waals surface area contributed by atoms with E-state index < -0.39 is 12.4 Å². The summed E-state index contributed by atoms with van der Waals surface area (Å²) in [6.45, 7) is 4.06. The SMILES string of the molecule is C=CCOC(=O)NCc1cccc(-c2ccc(C3OC(CSc4nc(-c5ccccc5)c(-c5ccccc5)o4)CC(c4ccc(CO)cc4)O3)cc2)c1. The number of aliphatic hydroxyl groups is 1. The minimum absolute atomic E-state index is 0.0169.